The zero-order chi connectivity index (χ0) is 18.1. The number of nitrogens with zero attached hydrogens (tertiary/aromatic N) is 1. The van der Waals surface area contributed by atoms with Gasteiger partial charge < -0.3 is 20.7 Å². The van der Waals surface area contributed by atoms with Gasteiger partial charge >= 0.3 is 0 Å². The van der Waals surface area contributed by atoms with Crippen molar-refractivity contribution >= 4 is 30.7 Å². The van der Waals surface area contributed by atoms with E-state index >= 15 is 0 Å². The van der Waals surface area contributed by atoms with E-state index in [0.29, 0.717) is 25.5 Å². The quantitative estimate of drug-likeness (QED) is 0.609. The van der Waals surface area contributed by atoms with E-state index in [1.165, 1.54) is 0 Å². The van der Waals surface area contributed by atoms with Crippen molar-refractivity contribution in [1.29, 1.82) is 0 Å². The molecule has 1 aromatic carbocycles. The lowest BCUT2D eigenvalue weighted by Gasteiger charge is -2.19. The first-order valence-electron chi connectivity index (χ1n) is 9.59. The van der Waals surface area contributed by atoms with Gasteiger partial charge in [0, 0.05) is 31.1 Å². The first-order chi connectivity index (χ1) is 12.1. The molecule has 1 aliphatic rings. The number of nitrogens with two attached hydrogens (primary N) is 1. The molecule has 27 heavy (non-hydrogen) atoms. The van der Waals surface area contributed by atoms with Crippen LogP contribution in [0, 0.1) is 5.92 Å². The fraction of sp³-hybridized carbons (Fsp3) is 0.650. The van der Waals surface area contributed by atoms with E-state index in [2.05, 4.69) is 24.1 Å². The zero-order valence-corrected chi connectivity index (χ0v) is 18.1. The van der Waals surface area contributed by atoms with E-state index in [0.717, 1.165) is 50.2 Å². The number of hydrogen-bond donors (Lipinski definition) is 2. The molecule has 0 radical (unpaired) electrons. The second-order valence-electron chi connectivity index (χ2n) is 6.82. The van der Waals surface area contributed by atoms with Crippen LogP contribution in [-0.4, -0.2) is 43.1 Å². The number of carbonyl (C=O) groups is 1. The highest BCUT2D eigenvalue weighted by molar-refractivity contribution is 5.85. The summed E-state index contributed by atoms with van der Waals surface area (Å²) in [6.07, 6.45) is 3.79. The van der Waals surface area contributed by atoms with Crippen molar-refractivity contribution in [1.82, 2.24) is 10.2 Å². The molecule has 2 atom stereocenters. The first kappa shape index (κ1) is 26.0. The monoisotopic (exact) mass is 419 g/mol. The van der Waals surface area contributed by atoms with Crippen molar-refractivity contribution in [3.8, 4) is 5.75 Å². The number of rotatable bonds is 10. The highest BCUT2D eigenvalue weighted by Gasteiger charge is 2.25. The molecule has 156 valence electrons. The van der Waals surface area contributed by atoms with Crippen molar-refractivity contribution in [3.05, 3.63) is 29.8 Å². The van der Waals surface area contributed by atoms with Gasteiger partial charge in [0.2, 0.25) is 5.91 Å². The number of para-hydroxylation sites is 1. The Hall–Kier alpha value is -1.01. The topological polar surface area (TPSA) is 67.6 Å². The smallest absolute Gasteiger partial charge is 0.220 e. The average molecular weight is 420 g/mol. The molecule has 2 rings (SSSR count). The van der Waals surface area contributed by atoms with Gasteiger partial charge in [-0.2, -0.15) is 0 Å². The Balaban J connectivity index is 0.00000338. The Morgan fingerprint density at radius 1 is 1.22 bits per heavy atom. The number of benzene rings is 1. The van der Waals surface area contributed by atoms with Crippen LogP contribution in [0.1, 0.15) is 45.1 Å². The van der Waals surface area contributed by atoms with E-state index in [-0.39, 0.29) is 36.8 Å². The summed E-state index contributed by atoms with van der Waals surface area (Å²) < 4.78 is 5.94. The Morgan fingerprint density at radius 3 is 2.56 bits per heavy atom. The van der Waals surface area contributed by atoms with E-state index < -0.39 is 0 Å². The lowest BCUT2D eigenvalue weighted by Crippen LogP contribution is -2.31. The molecule has 3 N–H and O–H groups in total. The van der Waals surface area contributed by atoms with Crippen molar-refractivity contribution in [3.63, 3.8) is 0 Å². The van der Waals surface area contributed by atoms with Gasteiger partial charge in [-0.1, -0.05) is 38.5 Å². The van der Waals surface area contributed by atoms with Gasteiger partial charge in [-0.3, -0.25) is 4.79 Å². The molecule has 1 saturated carbocycles. The van der Waals surface area contributed by atoms with Crippen molar-refractivity contribution in [2.24, 2.45) is 11.7 Å². The molecule has 0 spiro atoms. The van der Waals surface area contributed by atoms with E-state index in [1.54, 1.807) is 0 Å². The average Bonchev–Trinajstić information content (AvgIpc) is 3.02. The molecule has 0 aliphatic heterocycles. The SMILES string of the molecule is CCN(CC)CCOc1ccccc1CNC(=O)C[C@@H]1CCC[C@H]1N.Cl.Cl. The van der Waals surface area contributed by atoms with Gasteiger partial charge in [-0.05, 0) is 37.9 Å². The molecule has 7 heteroatoms. The van der Waals surface area contributed by atoms with Crippen LogP contribution >= 0.6 is 24.8 Å². The lowest BCUT2D eigenvalue weighted by molar-refractivity contribution is -0.122. The van der Waals surface area contributed by atoms with Crippen LogP contribution < -0.4 is 15.8 Å². The van der Waals surface area contributed by atoms with Crippen molar-refractivity contribution in [2.45, 2.75) is 52.1 Å². The predicted molar refractivity (Wildman–Crippen MR) is 116 cm³/mol. The molecule has 1 fully saturated rings. The van der Waals surface area contributed by atoms with Crippen LogP contribution in [0.2, 0.25) is 0 Å². The maximum absolute atomic E-state index is 12.2. The van der Waals surface area contributed by atoms with Crippen LogP contribution in [0.25, 0.3) is 0 Å². The fourth-order valence-corrected chi connectivity index (χ4v) is 3.44. The Bertz CT molecular complexity index is 542. The molecule has 0 heterocycles. The van der Waals surface area contributed by atoms with Gasteiger partial charge in [-0.25, -0.2) is 0 Å². The predicted octanol–water partition coefficient (Wildman–Crippen LogP) is 3.38. The van der Waals surface area contributed by atoms with Crippen LogP contribution in [0.4, 0.5) is 0 Å². The molecule has 1 amide bonds. The van der Waals surface area contributed by atoms with Gasteiger partial charge in [0.1, 0.15) is 12.4 Å². The molecular formula is C20H35Cl2N3O2. The van der Waals surface area contributed by atoms with Crippen LogP contribution in [-0.2, 0) is 11.3 Å². The molecule has 0 saturated heterocycles. The summed E-state index contributed by atoms with van der Waals surface area (Å²) in [5.74, 6) is 1.27. The second-order valence-corrected chi connectivity index (χ2v) is 6.82. The molecule has 0 aromatic heterocycles. The summed E-state index contributed by atoms with van der Waals surface area (Å²) >= 11 is 0. The van der Waals surface area contributed by atoms with Crippen LogP contribution in [0.5, 0.6) is 5.75 Å². The molecule has 5 nitrogen and oxygen atoms in total. The molecule has 0 unspecified atom stereocenters. The summed E-state index contributed by atoms with van der Waals surface area (Å²) in [7, 11) is 0. The number of hydrogen-bond acceptors (Lipinski definition) is 4. The van der Waals surface area contributed by atoms with Gasteiger partial charge in [-0.15, -0.1) is 24.8 Å². The molecule has 1 aromatic rings. The third-order valence-corrected chi connectivity index (χ3v) is 5.17. The number of ether oxygens (including phenoxy) is 1. The second kappa shape index (κ2) is 14.1. The number of nitrogens with one attached hydrogen (secondary N) is 1. The lowest BCUT2D eigenvalue weighted by atomic mass is 10.00. The Kier molecular flexibility index (Phi) is 13.5. The number of carbonyl (C=O) groups excluding carboxylic acids is 1. The number of amides is 1. The third-order valence-electron chi connectivity index (χ3n) is 5.17. The Labute approximate surface area is 176 Å². The minimum Gasteiger partial charge on any atom is -0.492 e. The van der Waals surface area contributed by atoms with Crippen LogP contribution in [0.3, 0.4) is 0 Å². The zero-order valence-electron chi connectivity index (χ0n) is 16.5. The maximum atomic E-state index is 12.2. The van der Waals surface area contributed by atoms with Crippen molar-refractivity contribution < 1.29 is 9.53 Å². The third kappa shape index (κ3) is 8.69. The van der Waals surface area contributed by atoms with Crippen LogP contribution in [0.15, 0.2) is 24.3 Å². The number of likely N-dealkylation sites (N-methyl/N-ethyl adjacent to an activating group) is 1. The number of halogens is 2. The minimum atomic E-state index is 0. The Morgan fingerprint density at radius 2 is 1.93 bits per heavy atom. The highest BCUT2D eigenvalue weighted by atomic mass is 35.5. The molecule has 0 bridgehead atoms. The summed E-state index contributed by atoms with van der Waals surface area (Å²) in [6, 6.07) is 8.10. The molecular weight excluding hydrogens is 385 g/mol. The standard InChI is InChI=1S/C20H33N3O2.2ClH/c1-3-23(4-2)12-13-25-19-11-6-5-8-17(19)15-22-20(24)14-16-9-7-10-18(16)21;;/h5-6,8,11,16,18H,3-4,7,9-10,12-15,21H2,1-2H3,(H,22,24);2*1H/t16-,18+;;/m0../s1. The van der Waals surface area contributed by atoms with E-state index in [9.17, 15) is 4.79 Å². The summed E-state index contributed by atoms with van der Waals surface area (Å²) in [6.45, 7) is 8.44. The van der Waals surface area contributed by atoms with E-state index in [1.807, 2.05) is 24.3 Å². The van der Waals surface area contributed by atoms with E-state index in [4.69, 9.17) is 10.5 Å². The van der Waals surface area contributed by atoms with Gasteiger partial charge in [0.15, 0.2) is 0 Å². The summed E-state index contributed by atoms with van der Waals surface area (Å²) in [5, 5.41) is 3.02. The van der Waals surface area contributed by atoms with Crippen molar-refractivity contribution in [2.75, 3.05) is 26.2 Å². The fourth-order valence-electron chi connectivity index (χ4n) is 3.44. The maximum Gasteiger partial charge on any atom is 0.220 e. The van der Waals surface area contributed by atoms with Gasteiger partial charge in [0.25, 0.3) is 0 Å². The summed E-state index contributed by atoms with van der Waals surface area (Å²) in [5.41, 5.74) is 7.08. The normalized spacial score (nSPS) is 18.5. The largest absolute Gasteiger partial charge is 0.492 e. The summed E-state index contributed by atoms with van der Waals surface area (Å²) in [4.78, 5) is 14.5. The first-order valence-corrected chi connectivity index (χ1v) is 9.59. The van der Waals surface area contributed by atoms with Gasteiger partial charge in [0.05, 0.1) is 0 Å². The minimum absolute atomic E-state index is 0. The molecule has 1 aliphatic carbocycles. The highest BCUT2D eigenvalue weighted by Crippen LogP contribution is 2.26.